The van der Waals surface area contributed by atoms with Crippen LogP contribution in [0.3, 0.4) is 0 Å². The molecule has 2 aromatic carbocycles. The average molecular weight is 493 g/mol. The molecule has 4 rings (SSSR count). The quantitative estimate of drug-likeness (QED) is 0.356. The van der Waals surface area contributed by atoms with Crippen molar-refractivity contribution < 1.29 is 14.3 Å². The fraction of sp³-hybridized carbons (Fsp3) is 0.296. The molecule has 0 unspecified atom stereocenters. The van der Waals surface area contributed by atoms with E-state index in [1.807, 2.05) is 66.9 Å². The Kier molecular flexibility index (Phi) is 7.56. The summed E-state index contributed by atoms with van der Waals surface area (Å²) in [7, 11) is 3.25. The number of amides is 1. The Balaban J connectivity index is 1.39. The van der Waals surface area contributed by atoms with Crippen molar-refractivity contribution in [1.82, 2.24) is 19.9 Å². The number of ether oxygens (including phenoxy) is 2. The monoisotopic (exact) mass is 492 g/mol. The molecule has 0 atom stereocenters. The van der Waals surface area contributed by atoms with Crippen LogP contribution < -0.4 is 14.8 Å². The van der Waals surface area contributed by atoms with Gasteiger partial charge in [-0.1, -0.05) is 29.8 Å². The Hall–Kier alpha value is -3.58. The molecule has 1 N–H and O–H groups in total. The number of rotatable bonds is 9. The molecule has 0 aliphatic rings. The van der Waals surface area contributed by atoms with Crippen LogP contribution >= 0.6 is 11.6 Å². The highest BCUT2D eigenvalue weighted by atomic mass is 35.5. The van der Waals surface area contributed by atoms with Crippen molar-refractivity contribution in [3.63, 3.8) is 0 Å². The number of benzene rings is 2. The van der Waals surface area contributed by atoms with Gasteiger partial charge in [-0.2, -0.15) is 5.10 Å². The van der Waals surface area contributed by atoms with E-state index in [0.717, 1.165) is 50.9 Å². The molecule has 0 aliphatic carbocycles. The van der Waals surface area contributed by atoms with E-state index in [0.29, 0.717) is 30.8 Å². The molecule has 1 amide bonds. The summed E-state index contributed by atoms with van der Waals surface area (Å²) in [6.07, 6.45) is 1.64. The molecule has 0 saturated carbocycles. The van der Waals surface area contributed by atoms with Gasteiger partial charge in [0.1, 0.15) is 11.5 Å². The molecule has 35 heavy (non-hydrogen) atoms. The van der Waals surface area contributed by atoms with Gasteiger partial charge in [-0.05, 0) is 56.0 Å². The summed E-state index contributed by atoms with van der Waals surface area (Å²) in [5.74, 6) is 1.49. The smallest absolute Gasteiger partial charge is 0.220 e. The molecule has 4 aromatic rings. The Morgan fingerprint density at radius 3 is 2.51 bits per heavy atom. The van der Waals surface area contributed by atoms with E-state index in [1.165, 1.54) is 0 Å². The Morgan fingerprint density at radius 1 is 1.03 bits per heavy atom. The van der Waals surface area contributed by atoms with Gasteiger partial charge < -0.3 is 14.8 Å². The maximum atomic E-state index is 12.5. The first-order valence-corrected chi connectivity index (χ1v) is 11.9. The molecule has 182 valence electrons. The first-order chi connectivity index (χ1) is 16.9. The molecular weight excluding hydrogens is 464 g/mol. The number of carbonyl (C=O) groups excluding carboxylic acids is 1. The average Bonchev–Trinajstić information content (AvgIpc) is 3.28. The number of aromatic nitrogens is 3. The molecule has 7 nitrogen and oxygen atoms in total. The number of aryl methyl sites for hydroxylation is 2. The Morgan fingerprint density at radius 2 is 1.80 bits per heavy atom. The highest BCUT2D eigenvalue weighted by molar-refractivity contribution is 6.30. The fourth-order valence-corrected chi connectivity index (χ4v) is 4.30. The summed E-state index contributed by atoms with van der Waals surface area (Å²) in [6, 6.07) is 15.2. The van der Waals surface area contributed by atoms with E-state index in [9.17, 15) is 4.79 Å². The van der Waals surface area contributed by atoms with Crippen LogP contribution in [-0.4, -0.2) is 41.3 Å². The van der Waals surface area contributed by atoms with Crippen LogP contribution in [-0.2, 0) is 17.6 Å². The topological polar surface area (TPSA) is 77.8 Å². The van der Waals surface area contributed by atoms with Gasteiger partial charge in [-0.15, -0.1) is 0 Å². The van der Waals surface area contributed by atoms with Crippen molar-refractivity contribution in [1.29, 1.82) is 0 Å². The molecule has 0 fully saturated rings. The normalized spacial score (nSPS) is 11.0. The second kappa shape index (κ2) is 10.8. The van der Waals surface area contributed by atoms with E-state index in [-0.39, 0.29) is 5.91 Å². The van der Waals surface area contributed by atoms with Crippen molar-refractivity contribution >= 4 is 23.2 Å². The number of fused-ring (bicyclic) bond motifs is 1. The lowest BCUT2D eigenvalue weighted by Crippen LogP contribution is -2.26. The van der Waals surface area contributed by atoms with Crippen LogP contribution in [0.5, 0.6) is 11.5 Å². The van der Waals surface area contributed by atoms with Gasteiger partial charge in [0.2, 0.25) is 5.91 Å². The van der Waals surface area contributed by atoms with E-state index >= 15 is 0 Å². The van der Waals surface area contributed by atoms with Gasteiger partial charge >= 0.3 is 0 Å². The zero-order chi connectivity index (χ0) is 24.9. The van der Waals surface area contributed by atoms with E-state index < -0.39 is 0 Å². The molecule has 8 heteroatoms. The van der Waals surface area contributed by atoms with Crippen LogP contribution in [0.15, 0.2) is 48.5 Å². The predicted octanol–water partition coefficient (Wildman–Crippen LogP) is 4.98. The van der Waals surface area contributed by atoms with Crippen LogP contribution in [0, 0.1) is 13.8 Å². The van der Waals surface area contributed by atoms with Crippen molar-refractivity contribution in [3.05, 3.63) is 76.1 Å². The largest absolute Gasteiger partial charge is 0.497 e. The fourth-order valence-electron chi connectivity index (χ4n) is 4.17. The molecule has 0 spiro atoms. The Labute approximate surface area is 210 Å². The zero-order valence-electron chi connectivity index (χ0n) is 20.4. The summed E-state index contributed by atoms with van der Waals surface area (Å²) >= 11 is 6.01. The van der Waals surface area contributed by atoms with Crippen LogP contribution in [0.4, 0.5) is 0 Å². The van der Waals surface area contributed by atoms with Gasteiger partial charge in [-0.25, -0.2) is 9.50 Å². The molecule has 0 radical (unpaired) electrons. The van der Waals surface area contributed by atoms with Crippen molar-refractivity contribution in [2.75, 3.05) is 20.8 Å². The number of hydrogen-bond donors (Lipinski definition) is 1. The third-order valence-electron chi connectivity index (χ3n) is 6.12. The summed E-state index contributed by atoms with van der Waals surface area (Å²) in [5.41, 5.74) is 6.55. The minimum atomic E-state index is -0.00121. The second-order valence-corrected chi connectivity index (χ2v) is 8.78. The van der Waals surface area contributed by atoms with Gasteiger partial charge in [0, 0.05) is 47.1 Å². The summed E-state index contributed by atoms with van der Waals surface area (Å²) in [5, 5.41) is 8.44. The first kappa shape index (κ1) is 24.5. The van der Waals surface area contributed by atoms with Crippen LogP contribution in [0.1, 0.15) is 28.9 Å². The summed E-state index contributed by atoms with van der Waals surface area (Å²) in [6.45, 7) is 4.52. The first-order valence-electron chi connectivity index (χ1n) is 11.5. The minimum Gasteiger partial charge on any atom is -0.497 e. The zero-order valence-corrected chi connectivity index (χ0v) is 21.1. The Bertz CT molecular complexity index is 1350. The van der Waals surface area contributed by atoms with Gasteiger partial charge in [-0.3, -0.25) is 4.79 Å². The van der Waals surface area contributed by atoms with Crippen molar-refractivity contribution in [2.24, 2.45) is 0 Å². The van der Waals surface area contributed by atoms with Gasteiger partial charge in [0.05, 0.1) is 19.9 Å². The third-order valence-corrected chi connectivity index (χ3v) is 6.37. The highest BCUT2D eigenvalue weighted by Gasteiger charge is 2.15. The summed E-state index contributed by atoms with van der Waals surface area (Å²) in [4.78, 5) is 17.3. The molecule has 0 saturated heterocycles. The molecular formula is C27H29ClN4O3. The standard InChI is InChI=1S/C27H29ClN4O3/c1-17-23(11-12-27(33)29-14-13-20-7-10-22(34-3)15-25(20)35-4)18(2)32-26(30-17)16-24(31-32)19-5-8-21(28)9-6-19/h5-10,15-16H,11-14H2,1-4H3,(H,29,33). The van der Waals surface area contributed by atoms with E-state index in [4.69, 9.17) is 31.2 Å². The summed E-state index contributed by atoms with van der Waals surface area (Å²) < 4.78 is 12.5. The third kappa shape index (κ3) is 5.57. The highest BCUT2D eigenvalue weighted by Crippen LogP contribution is 2.25. The molecule has 2 heterocycles. The maximum absolute atomic E-state index is 12.5. The molecule has 2 aromatic heterocycles. The SMILES string of the molecule is COc1ccc(CCNC(=O)CCc2c(C)nc3cc(-c4ccc(Cl)cc4)nn3c2C)c(OC)c1. The number of carbonyl (C=O) groups is 1. The molecule has 0 aliphatic heterocycles. The number of methoxy groups -OCH3 is 2. The van der Waals surface area contributed by atoms with E-state index in [2.05, 4.69) is 5.32 Å². The lowest BCUT2D eigenvalue weighted by atomic mass is 10.1. The molecule has 0 bridgehead atoms. The lowest BCUT2D eigenvalue weighted by Gasteiger charge is -2.12. The van der Waals surface area contributed by atoms with Crippen LogP contribution in [0.25, 0.3) is 16.9 Å². The number of nitrogens with zero attached hydrogens (tertiary/aromatic N) is 3. The maximum Gasteiger partial charge on any atom is 0.220 e. The lowest BCUT2D eigenvalue weighted by molar-refractivity contribution is -0.121. The minimum absolute atomic E-state index is 0.00121. The second-order valence-electron chi connectivity index (χ2n) is 8.35. The van der Waals surface area contributed by atoms with Gasteiger partial charge in [0.25, 0.3) is 0 Å². The van der Waals surface area contributed by atoms with Crippen molar-refractivity contribution in [2.45, 2.75) is 33.1 Å². The number of hydrogen-bond acceptors (Lipinski definition) is 5. The predicted molar refractivity (Wildman–Crippen MR) is 137 cm³/mol. The number of halogens is 1. The van der Waals surface area contributed by atoms with Crippen molar-refractivity contribution in [3.8, 4) is 22.8 Å². The number of nitrogens with one attached hydrogen (secondary N) is 1. The van der Waals surface area contributed by atoms with Crippen LogP contribution in [0.2, 0.25) is 5.02 Å². The van der Waals surface area contributed by atoms with Gasteiger partial charge in [0.15, 0.2) is 5.65 Å². The van der Waals surface area contributed by atoms with E-state index in [1.54, 1.807) is 14.2 Å².